The summed E-state index contributed by atoms with van der Waals surface area (Å²) >= 11 is 4.68. The first-order valence-corrected chi connectivity index (χ1v) is 11.6. The summed E-state index contributed by atoms with van der Waals surface area (Å²) in [6.45, 7) is -0.324. The molecule has 1 aliphatic rings. The fraction of sp³-hybridized carbons (Fsp3) is 0.556. The molecule has 0 bridgehead atoms. The van der Waals surface area contributed by atoms with Gasteiger partial charge in [0.1, 0.15) is 24.8 Å². The number of aliphatic hydroxyl groups excluding tert-OH is 1. The number of hydrogen-bond acceptors (Lipinski definition) is 11. The summed E-state index contributed by atoms with van der Waals surface area (Å²) in [6, 6.07) is 1.39. The lowest BCUT2D eigenvalue weighted by molar-refractivity contribution is -0.0398. The number of nitrogens with two attached hydrogens (primary N) is 1. The Hall–Kier alpha value is -0.750. The molecule has 2 rings (SSSR count). The number of phosphoric acid groups is 1. The molecule has 0 aromatic carbocycles. The number of rotatable bonds is 8. The summed E-state index contributed by atoms with van der Waals surface area (Å²) in [5.74, 6) is 0.0406. The van der Waals surface area contributed by atoms with E-state index in [-0.39, 0.29) is 18.8 Å². The van der Waals surface area contributed by atoms with Crippen LogP contribution in [0.1, 0.15) is 12.6 Å². The van der Waals surface area contributed by atoms with Crippen LogP contribution in [-0.2, 0) is 38.8 Å². The second-order valence-electron chi connectivity index (χ2n) is 4.86. The zero-order valence-electron chi connectivity index (χ0n) is 12.7. The minimum Gasteiger partial charge on any atom is -0.390 e. The van der Waals surface area contributed by atoms with Crippen molar-refractivity contribution in [2.24, 2.45) is 0 Å². The molecule has 6 atom stereocenters. The Labute approximate surface area is 152 Å². The number of nitrogen functional groups attached to an aromatic ring is 1. The molecule has 0 spiro atoms. The smallest absolute Gasteiger partial charge is 0.390 e. The zero-order valence-corrected chi connectivity index (χ0v) is 16.2. The van der Waals surface area contributed by atoms with E-state index in [2.05, 4.69) is 25.4 Å². The molecule has 0 saturated carbocycles. The number of aromatic nitrogens is 2. The van der Waals surface area contributed by atoms with Gasteiger partial charge in [0.25, 0.3) is 0 Å². The van der Waals surface area contributed by atoms with Crippen molar-refractivity contribution in [1.29, 1.82) is 0 Å². The van der Waals surface area contributed by atoms with Crippen molar-refractivity contribution < 1.29 is 41.9 Å². The third kappa shape index (κ3) is 6.15. The Morgan fingerprint density at radius 1 is 1.54 bits per heavy atom. The third-order valence-electron chi connectivity index (χ3n) is 3.05. The van der Waals surface area contributed by atoms with E-state index in [1.807, 2.05) is 0 Å². The monoisotopic (exact) mass is 449 g/mol. The third-order valence-corrected chi connectivity index (χ3v) is 7.07. The van der Waals surface area contributed by atoms with Crippen molar-refractivity contribution in [3.8, 4) is 0 Å². The average molecular weight is 449 g/mol. The molecule has 0 amide bonds. The van der Waals surface area contributed by atoms with Gasteiger partial charge in [-0.3, -0.25) is 9.46 Å². The first kappa shape index (κ1) is 21.5. The minimum absolute atomic E-state index is 0.0406. The minimum atomic E-state index is -4.86. The molecule has 0 radical (unpaired) electrons. The van der Waals surface area contributed by atoms with Crippen LogP contribution in [0, 0.1) is 0 Å². The van der Waals surface area contributed by atoms with Crippen molar-refractivity contribution in [2.75, 3.05) is 12.3 Å². The summed E-state index contributed by atoms with van der Waals surface area (Å²) in [6.07, 6.45) is -1.32. The predicted octanol–water partition coefficient (Wildman–Crippen LogP) is 0.0476. The first-order chi connectivity index (χ1) is 12.1. The molecule has 17 heteroatoms. The van der Waals surface area contributed by atoms with E-state index < -0.39 is 47.4 Å². The van der Waals surface area contributed by atoms with Gasteiger partial charge in [-0.2, -0.15) is 4.98 Å². The highest BCUT2D eigenvalue weighted by Crippen LogP contribution is 2.57. The number of aliphatic hydroxyl groups is 1. The molecule has 3 unspecified atom stereocenters. The predicted molar refractivity (Wildman–Crippen MR) is 89.5 cm³/mol. The number of hydrogen-bond donors (Lipinski definition) is 4. The normalized spacial score (nSPS) is 26.3. The Morgan fingerprint density at radius 2 is 2.23 bits per heavy atom. The van der Waals surface area contributed by atoms with E-state index in [9.17, 15) is 19.0 Å². The van der Waals surface area contributed by atoms with E-state index in [4.69, 9.17) is 24.8 Å². The molecule has 5 N–H and O–H groups in total. The second-order valence-corrected chi connectivity index (χ2v) is 9.18. The van der Waals surface area contributed by atoms with Crippen LogP contribution in [0.3, 0.4) is 0 Å². The van der Waals surface area contributed by atoms with Crippen molar-refractivity contribution >= 4 is 40.9 Å². The van der Waals surface area contributed by atoms with Crippen molar-refractivity contribution in [1.82, 2.24) is 9.55 Å². The molecule has 26 heavy (non-hydrogen) atoms. The van der Waals surface area contributed by atoms with Gasteiger partial charge in [-0.25, -0.2) is 9.36 Å². The highest BCUT2D eigenvalue weighted by Gasteiger charge is 2.44. The standard InChI is InChI=1S/C9H12N3O10P3S/c10-7-1-2-12(9(14)11-7)8-3-5(13)6(20-8)4-19-24(26)22-25(17,18)21-23(15)16/h1-2,5-6,8,13H,3-4H2,(H2-2,10,11,14,15,16,17,18)/p+2/t5-,6+,8+/m0/s1. The maximum Gasteiger partial charge on any atom is 0.705 e. The highest BCUT2D eigenvalue weighted by atomic mass is 32.4. The van der Waals surface area contributed by atoms with Crippen LogP contribution < -0.4 is 11.4 Å². The van der Waals surface area contributed by atoms with Crippen LogP contribution in [0.25, 0.3) is 0 Å². The number of nitrogens with zero attached hydrogens (tertiary/aromatic N) is 2. The molecule has 144 valence electrons. The van der Waals surface area contributed by atoms with Crippen molar-refractivity contribution in [3.05, 3.63) is 22.7 Å². The largest absolute Gasteiger partial charge is 0.705 e. The summed E-state index contributed by atoms with van der Waals surface area (Å²) in [7, 11) is -10.6. The van der Waals surface area contributed by atoms with Gasteiger partial charge < -0.3 is 15.6 Å². The van der Waals surface area contributed by atoms with Gasteiger partial charge in [0.2, 0.25) is 11.8 Å². The van der Waals surface area contributed by atoms with Gasteiger partial charge in [0.05, 0.1) is 6.10 Å². The molecule has 2 heterocycles. The molecule has 1 fully saturated rings. The van der Waals surface area contributed by atoms with Gasteiger partial charge in [-0.05, 0) is 10.4 Å². The molecule has 1 aromatic heterocycles. The Bertz CT molecular complexity index is 805. The van der Waals surface area contributed by atoms with Crippen molar-refractivity contribution in [2.45, 2.75) is 24.9 Å². The fourth-order valence-electron chi connectivity index (χ4n) is 2.03. The van der Waals surface area contributed by atoms with Gasteiger partial charge in [-0.1, -0.05) is 0 Å². The second kappa shape index (κ2) is 8.96. The van der Waals surface area contributed by atoms with Gasteiger partial charge in [0.15, 0.2) is 0 Å². The van der Waals surface area contributed by atoms with E-state index in [0.717, 1.165) is 4.57 Å². The van der Waals surface area contributed by atoms with Gasteiger partial charge in [0, 0.05) is 21.5 Å². The van der Waals surface area contributed by atoms with Crippen LogP contribution in [0.4, 0.5) is 5.82 Å². The van der Waals surface area contributed by atoms with E-state index in [1.165, 1.54) is 12.3 Å². The number of anilines is 1. The molecule has 1 aromatic rings. The van der Waals surface area contributed by atoms with Crippen LogP contribution >= 0.6 is 23.2 Å². The fourth-order valence-corrected chi connectivity index (χ4v) is 5.19. The Balaban J connectivity index is 1.90. The number of ether oxygens (including phenoxy) is 1. The van der Waals surface area contributed by atoms with Gasteiger partial charge in [-0.15, -0.1) is 9.42 Å². The lowest BCUT2D eigenvalue weighted by Gasteiger charge is -2.14. The summed E-state index contributed by atoms with van der Waals surface area (Å²) < 4.78 is 41.5. The van der Waals surface area contributed by atoms with E-state index in [0.29, 0.717) is 0 Å². The zero-order chi connectivity index (χ0) is 19.5. The summed E-state index contributed by atoms with van der Waals surface area (Å²) in [5, 5.41) is 10.00. The topological polar surface area (TPSA) is 193 Å². The Kier molecular flexibility index (Phi) is 7.43. The lowest BCUT2D eigenvalue weighted by atomic mass is 10.2. The van der Waals surface area contributed by atoms with Crippen molar-refractivity contribution in [3.63, 3.8) is 0 Å². The van der Waals surface area contributed by atoms with Gasteiger partial charge >= 0.3 is 28.9 Å². The maximum absolute atomic E-state index is 11.8. The van der Waals surface area contributed by atoms with Crippen LogP contribution in [-0.4, -0.2) is 43.3 Å². The lowest BCUT2D eigenvalue weighted by Crippen LogP contribution is -2.28. The molecular weight excluding hydrogens is 435 g/mol. The molecule has 1 aliphatic heterocycles. The first-order valence-electron chi connectivity index (χ1n) is 6.74. The van der Waals surface area contributed by atoms with E-state index >= 15 is 0 Å². The maximum atomic E-state index is 11.8. The summed E-state index contributed by atoms with van der Waals surface area (Å²) in [4.78, 5) is 32.9. The molecule has 0 aliphatic carbocycles. The highest BCUT2D eigenvalue weighted by molar-refractivity contribution is 8.02. The molecular formula is C9H14N3O10P3S+2. The Morgan fingerprint density at radius 3 is 2.85 bits per heavy atom. The average Bonchev–Trinajstić information content (AvgIpc) is 2.84. The van der Waals surface area contributed by atoms with Crippen LogP contribution in [0.5, 0.6) is 0 Å². The molecule has 13 nitrogen and oxygen atoms in total. The SMILES string of the molecule is Nc1ccn([C@H]2C[C@H](O)[C@@H](CO[P+](=S)OP(=O)(O)O[P+](=O)O)O2)c(=O)n1. The molecule has 1 saturated heterocycles. The van der Waals surface area contributed by atoms with E-state index in [1.54, 1.807) is 0 Å². The quantitative estimate of drug-likeness (QED) is 0.389. The van der Waals surface area contributed by atoms with Crippen LogP contribution in [0.2, 0.25) is 0 Å². The summed E-state index contributed by atoms with van der Waals surface area (Å²) in [5.41, 5.74) is 4.74. The van der Waals surface area contributed by atoms with Crippen LogP contribution in [0.15, 0.2) is 17.1 Å².